The summed E-state index contributed by atoms with van der Waals surface area (Å²) in [6, 6.07) is 4.00. The number of halogens is 3. The molecule has 1 atom stereocenters. The van der Waals surface area contributed by atoms with Crippen LogP contribution in [0.15, 0.2) is 22.8 Å². The van der Waals surface area contributed by atoms with Crippen LogP contribution >= 0.6 is 40.7 Å². The highest BCUT2D eigenvalue weighted by molar-refractivity contribution is 9.10. The Hall–Kier alpha value is -0.360. The zero-order valence-corrected chi connectivity index (χ0v) is 13.1. The average molecular weight is 357 g/mol. The molecule has 0 radical (unpaired) electrons. The van der Waals surface area contributed by atoms with E-state index in [0.717, 1.165) is 24.0 Å². The molecule has 1 amide bonds. The van der Waals surface area contributed by atoms with Crippen molar-refractivity contribution in [3.05, 3.63) is 28.5 Å². The molecule has 1 unspecified atom stereocenters. The lowest BCUT2D eigenvalue weighted by Gasteiger charge is -2.15. The summed E-state index contributed by atoms with van der Waals surface area (Å²) in [5.41, 5.74) is 0.514. The smallest absolute Gasteiger partial charge is 0.272 e. The van der Waals surface area contributed by atoms with Gasteiger partial charge in [-0.3, -0.25) is 4.79 Å². The van der Waals surface area contributed by atoms with Crippen molar-refractivity contribution in [1.29, 1.82) is 0 Å². The second kappa shape index (κ2) is 7.94. The largest absolute Gasteiger partial charge is 0.336 e. The Kier molecular flexibility index (Phi) is 7.78. The third-order valence-corrected chi connectivity index (χ3v) is 3.30. The number of rotatable bonds is 2. The first-order valence-corrected chi connectivity index (χ1v) is 6.08. The van der Waals surface area contributed by atoms with Crippen LogP contribution in [0, 0.1) is 0 Å². The lowest BCUT2D eigenvalue weighted by molar-refractivity contribution is 0.0784. The van der Waals surface area contributed by atoms with E-state index in [1.165, 1.54) is 0 Å². The number of likely N-dealkylation sites (tertiary alicyclic amines) is 1. The standard InChI is InChI=1S/C11H14BrN3O.2ClH/c1-13-9-4-5-15(7-9)11(16)10-3-2-8(12)6-14-10;;/h2-3,6,9,13H,4-5,7H2,1H3;2*1H. The van der Waals surface area contributed by atoms with E-state index in [4.69, 9.17) is 0 Å². The molecule has 1 aromatic rings. The molecule has 1 aromatic heterocycles. The summed E-state index contributed by atoms with van der Waals surface area (Å²) < 4.78 is 0.888. The van der Waals surface area contributed by atoms with E-state index in [1.54, 1.807) is 12.3 Å². The SMILES string of the molecule is CNC1CCN(C(=O)c2ccc(Br)cn2)C1.Cl.Cl. The van der Waals surface area contributed by atoms with Gasteiger partial charge in [-0.2, -0.15) is 0 Å². The van der Waals surface area contributed by atoms with Gasteiger partial charge in [-0.1, -0.05) is 0 Å². The van der Waals surface area contributed by atoms with Crippen molar-refractivity contribution in [1.82, 2.24) is 15.2 Å². The molecule has 102 valence electrons. The van der Waals surface area contributed by atoms with Gasteiger partial charge in [-0.05, 0) is 41.5 Å². The summed E-state index contributed by atoms with van der Waals surface area (Å²) in [6.45, 7) is 1.58. The average Bonchev–Trinajstić information content (AvgIpc) is 2.77. The molecule has 1 aliphatic rings. The van der Waals surface area contributed by atoms with Crippen molar-refractivity contribution >= 4 is 46.7 Å². The van der Waals surface area contributed by atoms with Crippen LogP contribution in [0.5, 0.6) is 0 Å². The van der Waals surface area contributed by atoms with Gasteiger partial charge < -0.3 is 10.2 Å². The Labute approximate surface area is 127 Å². The molecule has 2 rings (SSSR count). The maximum absolute atomic E-state index is 12.0. The van der Waals surface area contributed by atoms with E-state index in [2.05, 4.69) is 26.2 Å². The van der Waals surface area contributed by atoms with Crippen LogP contribution in [0.4, 0.5) is 0 Å². The van der Waals surface area contributed by atoms with Gasteiger partial charge in [-0.15, -0.1) is 24.8 Å². The molecule has 1 aliphatic heterocycles. The lowest BCUT2D eigenvalue weighted by Crippen LogP contribution is -2.33. The highest BCUT2D eigenvalue weighted by Crippen LogP contribution is 2.14. The number of hydrogen-bond donors (Lipinski definition) is 1. The van der Waals surface area contributed by atoms with E-state index in [1.807, 2.05) is 18.0 Å². The monoisotopic (exact) mass is 355 g/mol. The summed E-state index contributed by atoms with van der Waals surface area (Å²) in [6.07, 6.45) is 2.66. The predicted molar refractivity (Wildman–Crippen MR) is 79.8 cm³/mol. The summed E-state index contributed by atoms with van der Waals surface area (Å²) in [5.74, 6) is 0.0188. The van der Waals surface area contributed by atoms with Crippen LogP contribution in [0.2, 0.25) is 0 Å². The van der Waals surface area contributed by atoms with Gasteiger partial charge in [0, 0.05) is 29.8 Å². The highest BCUT2D eigenvalue weighted by atomic mass is 79.9. The normalized spacial score (nSPS) is 17.9. The van der Waals surface area contributed by atoms with Crippen molar-refractivity contribution in [2.45, 2.75) is 12.5 Å². The highest BCUT2D eigenvalue weighted by Gasteiger charge is 2.26. The second-order valence-electron chi connectivity index (χ2n) is 3.89. The third kappa shape index (κ3) is 4.09. The molecule has 1 saturated heterocycles. The lowest BCUT2D eigenvalue weighted by atomic mass is 10.3. The van der Waals surface area contributed by atoms with Crippen molar-refractivity contribution in [3.8, 4) is 0 Å². The number of nitrogens with zero attached hydrogens (tertiary/aromatic N) is 2. The first-order valence-electron chi connectivity index (χ1n) is 5.29. The number of aromatic nitrogens is 1. The molecule has 0 saturated carbocycles. The molecule has 1 fully saturated rings. The summed E-state index contributed by atoms with van der Waals surface area (Å²) in [7, 11) is 1.93. The minimum absolute atomic E-state index is 0. The molecular formula is C11H16BrCl2N3O. The van der Waals surface area contributed by atoms with Gasteiger partial charge in [0.1, 0.15) is 5.69 Å². The third-order valence-electron chi connectivity index (χ3n) is 2.83. The molecule has 4 nitrogen and oxygen atoms in total. The van der Waals surface area contributed by atoms with Gasteiger partial charge in [-0.25, -0.2) is 4.98 Å². The fourth-order valence-electron chi connectivity index (χ4n) is 1.84. The van der Waals surface area contributed by atoms with Gasteiger partial charge >= 0.3 is 0 Å². The number of pyridine rings is 1. The van der Waals surface area contributed by atoms with Gasteiger partial charge in [0.25, 0.3) is 5.91 Å². The number of nitrogens with one attached hydrogen (secondary N) is 1. The zero-order valence-electron chi connectivity index (χ0n) is 9.93. The van der Waals surface area contributed by atoms with Crippen molar-refractivity contribution in [3.63, 3.8) is 0 Å². The first kappa shape index (κ1) is 17.6. The first-order chi connectivity index (χ1) is 7.70. The summed E-state index contributed by atoms with van der Waals surface area (Å²) in [5, 5.41) is 3.19. The van der Waals surface area contributed by atoms with Gasteiger partial charge in [0.2, 0.25) is 0 Å². The van der Waals surface area contributed by atoms with Gasteiger partial charge in [0.05, 0.1) is 0 Å². The van der Waals surface area contributed by atoms with Crippen LogP contribution in [0.1, 0.15) is 16.9 Å². The summed E-state index contributed by atoms with van der Waals surface area (Å²) >= 11 is 3.30. The summed E-state index contributed by atoms with van der Waals surface area (Å²) in [4.78, 5) is 18.0. The topological polar surface area (TPSA) is 45.2 Å². The van der Waals surface area contributed by atoms with E-state index in [9.17, 15) is 4.79 Å². The molecule has 0 spiro atoms. The Bertz CT molecular complexity index is 388. The van der Waals surface area contributed by atoms with Crippen LogP contribution in [0.25, 0.3) is 0 Å². The van der Waals surface area contributed by atoms with E-state index in [0.29, 0.717) is 11.7 Å². The fraction of sp³-hybridized carbons (Fsp3) is 0.455. The number of carbonyl (C=O) groups excluding carboxylic acids is 1. The molecule has 0 bridgehead atoms. The van der Waals surface area contributed by atoms with Gasteiger partial charge in [0.15, 0.2) is 0 Å². The molecule has 1 N–H and O–H groups in total. The molecule has 7 heteroatoms. The van der Waals surface area contributed by atoms with Crippen molar-refractivity contribution in [2.75, 3.05) is 20.1 Å². The molecule has 18 heavy (non-hydrogen) atoms. The second-order valence-corrected chi connectivity index (χ2v) is 4.80. The van der Waals surface area contributed by atoms with Crippen molar-refractivity contribution in [2.24, 2.45) is 0 Å². The van der Waals surface area contributed by atoms with Crippen LogP contribution < -0.4 is 5.32 Å². The number of carbonyl (C=O) groups is 1. The Morgan fingerprint density at radius 3 is 2.72 bits per heavy atom. The van der Waals surface area contributed by atoms with Crippen LogP contribution in [-0.4, -0.2) is 42.0 Å². The number of amides is 1. The zero-order chi connectivity index (χ0) is 11.5. The predicted octanol–water partition coefficient (Wildman–Crippen LogP) is 2.12. The van der Waals surface area contributed by atoms with Crippen LogP contribution in [-0.2, 0) is 0 Å². The molecule has 2 heterocycles. The van der Waals surface area contributed by atoms with E-state index in [-0.39, 0.29) is 30.7 Å². The van der Waals surface area contributed by atoms with Crippen molar-refractivity contribution < 1.29 is 4.79 Å². The quantitative estimate of drug-likeness (QED) is 0.882. The Morgan fingerprint density at radius 2 is 2.22 bits per heavy atom. The number of likely N-dealkylation sites (N-methyl/N-ethyl adjacent to an activating group) is 1. The minimum atomic E-state index is 0. The molecule has 0 aromatic carbocycles. The maximum atomic E-state index is 12.0. The van der Waals surface area contributed by atoms with Crippen LogP contribution in [0.3, 0.4) is 0 Å². The Balaban J connectivity index is 0.00000144. The number of hydrogen-bond acceptors (Lipinski definition) is 3. The molecule has 0 aliphatic carbocycles. The Morgan fingerprint density at radius 1 is 1.50 bits per heavy atom. The van der Waals surface area contributed by atoms with E-state index >= 15 is 0 Å². The minimum Gasteiger partial charge on any atom is -0.336 e. The van der Waals surface area contributed by atoms with E-state index < -0.39 is 0 Å². The maximum Gasteiger partial charge on any atom is 0.272 e. The fourth-order valence-corrected chi connectivity index (χ4v) is 2.08. The molecular weight excluding hydrogens is 341 g/mol.